The molecule has 140 valence electrons. The van der Waals surface area contributed by atoms with Crippen LogP contribution < -0.4 is 11.1 Å². The molecule has 0 spiro atoms. The topological polar surface area (TPSA) is 109 Å². The third kappa shape index (κ3) is 13.4. The molecule has 0 aliphatic carbocycles. The van der Waals surface area contributed by atoms with E-state index < -0.39 is 17.9 Å². The van der Waals surface area contributed by atoms with Crippen LogP contribution in [-0.2, 0) is 14.4 Å². The average molecular weight is 361 g/mol. The maximum absolute atomic E-state index is 11.7. The van der Waals surface area contributed by atoms with Crippen LogP contribution in [0, 0.1) is 0 Å². The summed E-state index contributed by atoms with van der Waals surface area (Å²) >= 11 is 1.73. The van der Waals surface area contributed by atoms with Crippen molar-refractivity contribution in [3.63, 3.8) is 0 Å². The number of unbranched alkanes of at least 4 members (excludes halogenated alkanes) is 5. The SMILES string of the molecule is CCCCCCCCSCCC(NC(=O)CCC(=O)CN)C(=O)O. The first kappa shape index (κ1) is 22.9. The molecule has 0 rings (SSSR count). The van der Waals surface area contributed by atoms with Gasteiger partial charge in [-0.2, -0.15) is 11.8 Å². The Morgan fingerprint density at radius 3 is 2.33 bits per heavy atom. The van der Waals surface area contributed by atoms with Gasteiger partial charge in [0.15, 0.2) is 0 Å². The van der Waals surface area contributed by atoms with Crippen LogP contribution in [0.15, 0.2) is 0 Å². The monoisotopic (exact) mass is 360 g/mol. The van der Waals surface area contributed by atoms with E-state index in [-0.39, 0.29) is 25.2 Å². The highest BCUT2D eigenvalue weighted by molar-refractivity contribution is 7.99. The Morgan fingerprint density at radius 2 is 1.71 bits per heavy atom. The lowest BCUT2D eigenvalue weighted by Crippen LogP contribution is -2.41. The predicted molar refractivity (Wildman–Crippen MR) is 98.2 cm³/mol. The highest BCUT2D eigenvalue weighted by Crippen LogP contribution is 2.11. The van der Waals surface area contributed by atoms with E-state index in [1.165, 1.54) is 32.1 Å². The molecule has 0 saturated carbocycles. The van der Waals surface area contributed by atoms with Crippen LogP contribution in [0.1, 0.15) is 64.7 Å². The molecule has 1 unspecified atom stereocenters. The lowest BCUT2D eigenvalue weighted by molar-refractivity contribution is -0.141. The number of aliphatic carboxylic acids is 1. The van der Waals surface area contributed by atoms with Crippen molar-refractivity contribution in [2.24, 2.45) is 5.73 Å². The van der Waals surface area contributed by atoms with E-state index in [1.807, 2.05) is 0 Å². The maximum Gasteiger partial charge on any atom is 0.326 e. The van der Waals surface area contributed by atoms with Gasteiger partial charge in [0, 0.05) is 12.8 Å². The van der Waals surface area contributed by atoms with Gasteiger partial charge in [0.1, 0.15) is 11.8 Å². The van der Waals surface area contributed by atoms with Crippen LogP contribution in [0.3, 0.4) is 0 Å². The van der Waals surface area contributed by atoms with E-state index in [1.54, 1.807) is 11.8 Å². The molecular formula is C17H32N2O4S. The smallest absolute Gasteiger partial charge is 0.326 e. The van der Waals surface area contributed by atoms with Gasteiger partial charge in [-0.15, -0.1) is 0 Å². The third-order valence-corrected chi connectivity index (χ3v) is 4.79. The molecule has 4 N–H and O–H groups in total. The minimum atomic E-state index is -1.03. The second-order valence-corrected chi connectivity index (χ2v) is 7.09. The molecule has 0 bridgehead atoms. The molecule has 0 aromatic rings. The Bertz CT molecular complexity index is 378. The van der Waals surface area contributed by atoms with E-state index in [4.69, 9.17) is 10.8 Å². The van der Waals surface area contributed by atoms with Gasteiger partial charge in [0.25, 0.3) is 0 Å². The van der Waals surface area contributed by atoms with Crippen molar-refractivity contribution in [3.8, 4) is 0 Å². The first-order chi connectivity index (χ1) is 11.5. The van der Waals surface area contributed by atoms with Gasteiger partial charge >= 0.3 is 5.97 Å². The second-order valence-electron chi connectivity index (χ2n) is 5.87. The van der Waals surface area contributed by atoms with Crippen molar-refractivity contribution in [3.05, 3.63) is 0 Å². The van der Waals surface area contributed by atoms with Crippen molar-refractivity contribution in [1.29, 1.82) is 0 Å². The minimum absolute atomic E-state index is 0.00921. The summed E-state index contributed by atoms with van der Waals surface area (Å²) in [5.41, 5.74) is 5.17. The highest BCUT2D eigenvalue weighted by atomic mass is 32.2. The number of carboxylic acids is 1. The van der Waals surface area contributed by atoms with Crippen LogP contribution in [0.5, 0.6) is 0 Å². The number of amides is 1. The number of carbonyl (C=O) groups excluding carboxylic acids is 2. The van der Waals surface area contributed by atoms with Crippen LogP contribution in [-0.4, -0.2) is 46.9 Å². The van der Waals surface area contributed by atoms with E-state index in [0.717, 1.165) is 12.2 Å². The molecule has 0 aromatic carbocycles. The number of nitrogens with one attached hydrogen (secondary N) is 1. The zero-order valence-electron chi connectivity index (χ0n) is 14.7. The van der Waals surface area contributed by atoms with Crippen LogP contribution in [0.25, 0.3) is 0 Å². The van der Waals surface area contributed by atoms with Gasteiger partial charge in [-0.3, -0.25) is 9.59 Å². The Kier molecular flexibility index (Phi) is 14.8. The number of hydrogen-bond donors (Lipinski definition) is 3. The highest BCUT2D eigenvalue weighted by Gasteiger charge is 2.19. The normalized spacial score (nSPS) is 11.9. The quantitative estimate of drug-likeness (QED) is 0.365. The number of carboxylic acid groups (broad SMARTS) is 1. The number of carbonyl (C=O) groups is 3. The van der Waals surface area contributed by atoms with Gasteiger partial charge in [-0.1, -0.05) is 39.0 Å². The maximum atomic E-state index is 11.7. The average Bonchev–Trinajstić information content (AvgIpc) is 2.56. The molecular weight excluding hydrogens is 328 g/mol. The van der Waals surface area contributed by atoms with E-state index in [9.17, 15) is 14.4 Å². The minimum Gasteiger partial charge on any atom is -0.480 e. The molecule has 1 amide bonds. The fourth-order valence-electron chi connectivity index (χ4n) is 2.17. The van der Waals surface area contributed by atoms with Gasteiger partial charge in [0.05, 0.1) is 6.54 Å². The lowest BCUT2D eigenvalue weighted by Gasteiger charge is -2.14. The number of nitrogens with two attached hydrogens (primary N) is 1. The number of Topliss-reactive ketones (excluding diaryl/α,β-unsaturated/α-hetero) is 1. The fraction of sp³-hybridized carbons (Fsp3) is 0.824. The summed E-state index contributed by atoms with van der Waals surface area (Å²) in [6, 6.07) is -0.887. The fourth-order valence-corrected chi connectivity index (χ4v) is 3.18. The zero-order chi connectivity index (χ0) is 18.2. The molecule has 0 aromatic heterocycles. The molecule has 24 heavy (non-hydrogen) atoms. The third-order valence-electron chi connectivity index (χ3n) is 3.68. The zero-order valence-corrected chi connectivity index (χ0v) is 15.5. The summed E-state index contributed by atoms with van der Waals surface area (Å²) in [5.74, 6) is 0.0797. The van der Waals surface area contributed by atoms with Crippen molar-refractivity contribution in [2.45, 2.75) is 70.8 Å². The van der Waals surface area contributed by atoms with Crippen molar-refractivity contribution < 1.29 is 19.5 Å². The first-order valence-electron chi connectivity index (χ1n) is 8.82. The predicted octanol–water partition coefficient (Wildman–Crippen LogP) is 2.35. The standard InChI is InChI=1S/C17H32N2O4S/c1-2-3-4-5-6-7-11-24-12-10-15(17(22)23)19-16(21)9-8-14(20)13-18/h15H,2-13,18H2,1H3,(H,19,21)(H,22,23). The molecule has 0 heterocycles. The summed E-state index contributed by atoms with van der Waals surface area (Å²) in [6.45, 7) is 2.11. The van der Waals surface area contributed by atoms with Gasteiger partial charge < -0.3 is 16.2 Å². The number of thioether (sulfide) groups is 1. The Hall–Kier alpha value is -1.08. The summed E-state index contributed by atoms with van der Waals surface area (Å²) < 4.78 is 0. The Labute approximate surface area is 149 Å². The van der Waals surface area contributed by atoms with Crippen molar-refractivity contribution in [2.75, 3.05) is 18.1 Å². The Balaban J connectivity index is 3.79. The molecule has 0 fully saturated rings. The van der Waals surface area contributed by atoms with Crippen LogP contribution in [0.4, 0.5) is 0 Å². The molecule has 7 heteroatoms. The molecule has 0 saturated heterocycles. The number of ketones is 1. The molecule has 1 atom stereocenters. The van der Waals surface area contributed by atoms with Crippen molar-refractivity contribution in [1.82, 2.24) is 5.32 Å². The largest absolute Gasteiger partial charge is 0.480 e. The van der Waals surface area contributed by atoms with E-state index in [2.05, 4.69) is 12.2 Å². The van der Waals surface area contributed by atoms with Crippen molar-refractivity contribution >= 4 is 29.4 Å². The number of rotatable bonds is 16. The first-order valence-corrected chi connectivity index (χ1v) is 9.98. The summed E-state index contributed by atoms with van der Waals surface area (Å²) in [7, 11) is 0. The Morgan fingerprint density at radius 1 is 1.04 bits per heavy atom. The number of hydrogen-bond acceptors (Lipinski definition) is 5. The molecule has 0 aliphatic rings. The molecule has 0 radical (unpaired) electrons. The van der Waals surface area contributed by atoms with E-state index in [0.29, 0.717) is 12.2 Å². The summed E-state index contributed by atoms with van der Waals surface area (Å²) in [5, 5.41) is 11.6. The van der Waals surface area contributed by atoms with Gasteiger partial charge in [-0.25, -0.2) is 4.79 Å². The second kappa shape index (κ2) is 15.4. The lowest BCUT2D eigenvalue weighted by atomic mass is 10.1. The van der Waals surface area contributed by atoms with Gasteiger partial charge in [-0.05, 0) is 24.3 Å². The van der Waals surface area contributed by atoms with Crippen LogP contribution >= 0.6 is 11.8 Å². The van der Waals surface area contributed by atoms with Gasteiger partial charge in [0.2, 0.25) is 5.91 Å². The molecule has 0 aliphatic heterocycles. The van der Waals surface area contributed by atoms with Crippen LogP contribution in [0.2, 0.25) is 0 Å². The summed E-state index contributed by atoms with van der Waals surface area (Å²) in [4.78, 5) is 33.9. The van der Waals surface area contributed by atoms with E-state index >= 15 is 0 Å². The molecule has 6 nitrogen and oxygen atoms in total. The summed E-state index contributed by atoms with van der Waals surface area (Å²) in [6.07, 6.45) is 7.92.